The maximum atomic E-state index is 13.8. The van der Waals surface area contributed by atoms with Crippen molar-refractivity contribution in [1.29, 1.82) is 0 Å². The zero-order valence-electron chi connectivity index (χ0n) is 17.9. The summed E-state index contributed by atoms with van der Waals surface area (Å²) in [5, 5.41) is 4.94. The summed E-state index contributed by atoms with van der Waals surface area (Å²) in [6.07, 6.45) is 7.06. The Morgan fingerprint density at radius 3 is 2.73 bits per heavy atom. The molecule has 0 saturated carbocycles. The summed E-state index contributed by atoms with van der Waals surface area (Å²) < 4.78 is 1.82. The molecule has 0 spiro atoms. The molecular weight excluding hydrogens is 436 g/mol. The van der Waals surface area contributed by atoms with Gasteiger partial charge in [-0.3, -0.25) is 9.48 Å². The third kappa shape index (κ3) is 4.32. The number of benzene rings is 2. The van der Waals surface area contributed by atoms with E-state index in [1.54, 1.807) is 12.4 Å². The number of hydrogen-bond acceptors (Lipinski definition) is 5. The molecule has 1 fully saturated rings. The van der Waals surface area contributed by atoms with Gasteiger partial charge in [-0.25, -0.2) is 9.97 Å². The highest BCUT2D eigenvalue weighted by molar-refractivity contribution is 6.30. The van der Waals surface area contributed by atoms with Crippen LogP contribution in [-0.4, -0.2) is 37.1 Å². The van der Waals surface area contributed by atoms with E-state index in [-0.39, 0.29) is 17.9 Å². The topological polar surface area (TPSA) is 89.9 Å². The standard InChI is InChI=1S/C25H23ClN6O/c26-19-10-8-17(9-11-19)21-15-28-25(27)30-23(21)22-7-3-14-32(22)24(33)20-6-2-1-5-18(20)16-31-13-4-12-29-31/h1-2,4-6,8-13,15,22H,3,7,14,16H2,(H2,27,28,30)/t22-/m1/s1. The van der Waals surface area contributed by atoms with E-state index < -0.39 is 0 Å². The van der Waals surface area contributed by atoms with E-state index in [1.165, 1.54) is 0 Å². The number of anilines is 1. The molecule has 2 aromatic heterocycles. The molecule has 1 saturated heterocycles. The molecule has 33 heavy (non-hydrogen) atoms. The van der Waals surface area contributed by atoms with Gasteiger partial charge in [0.2, 0.25) is 5.95 Å². The predicted octanol–water partition coefficient (Wildman–Crippen LogP) is 4.60. The average Bonchev–Trinajstić information content (AvgIpc) is 3.52. The summed E-state index contributed by atoms with van der Waals surface area (Å²) in [7, 11) is 0. The number of nitrogens with zero attached hydrogens (tertiary/aromatic N) is 5. The number of aromatic nitrogens is 4. The van der Waals surface area contributed by atoms with E-state index in [9.17, 15) is 4.79 Å². The van der Waals surface area contributed by atoms with E-state index in [4.69, 9.17) is 17.3 Å². The van der Waals surface area contributed by atoms with Crippen molar-refractivity contribution < 1.29 is 4.79 Å². The molecule has 1 aliphatic heterocycles. The summed E-state index contributed by atoms with van der Waals surface area (Å²) in [6, 6.07) is 16.9. The van der Waals surface area contributed by atoms with Gasteiger partial charge >= 0.3 is 0 Å². The molecule has 4 aromatic rings. The third-order valence-corrected chi connectivity index (χ3v) is 6.21. The van der Waals surface area contributed by atoms with Crippen LogP contribution in [0.15, 0.2) is 73.2 Å². The molecule has 5 rings (SSSR count). The van der Waals surface area contributed by atoms with Crippen LogP contribution in [0.2, 0.25) is 5.02 Å². The van der Waals surface area contributed by atoms with Crippen LogP contribution in [0.3, 0.4) is 0 Å². The maximum absolute atomic E-state index is 13.8. The van der Waals surface area contributed by atoms with Crippen LogP contribution in [-0.2, 0) is 6.54 Å². The minimum absolute atomic E-state index is 0.0144. The largest absolute Gasteiger partial charge is 0.368 e. The third-order valence-electron chi connectivity index (χ3n) is 5.96. The van der Waals surface area contributed by atoms with Gasteiger partial charge in [-0.15, -0.1) is 0 Å². The fraction of sp³-hybridized carbons (Fsp3) is 0.200. The number of nitrogens with two attached hydrogens (primary N) is 1. The van der Waals surface area contributed by atoms with Crippen LogP contribution in [0.25, 0.3) is 11.1 Å². The Labute approximate surface area is 196 Å². The van der Waals surface area contributed by atoms with Crippen molar-refractivity contribution in [2.24, 2.45) is 0 Å². The molecule has 0 bridgehead atoms. The summed E-state index contributed by atoms with van der Waals surface area (Å²) in [4.78, 5) is 24.5. The Bertz CT molecular complexity index is 1270. The van der Waals surface area contributed by atoms with Gasteiger partial charge in [0.25, 0.3) is 5.91 Å². The molecule has 0 unspecified atom stereocenters. The number of carbonyl (C=O) groups excluding carboxylic acids is 1. The second-order valence-corrected chi connectivity index (χ2v) is 8.49. The monoisotopic (exact) mass is 458 g/mol. The first-order valence-corrected chi connectivity index (χ1v) is 11.2. The molecule has 166 valence electrons. The fourth-order valence-corrected chi connectivity index (χ4v) is 4.53. The van der Waals surface area contributed by atoms with Crippen LogP contribution >= 0.6 is 11.6 Å². The van der Waals surface area contributed by atoms with Crippen molar-refractivity contribution >= 4 is 23.5 Å². The highest BCUT2D eigenvalue weighted by atomic mass is 35.5. The van der Waals surface area contributed by atoms with Crippen LogP contribution in [0.5, 0.6) is 0 Å². The van der Waals surface area contributed by atoms with Gasteiger partial charge in [0.1, 0.15) is 0 Å². The number of rotatable bonds is 5. The normalized spacial score (nSPS) is 15.7. The van der Waals surface area contributed by atoms with Crippen molar-refractivity contribution in [2.75, 3.05) is 12.3 Å². The quantitative estimate of drug-likeness (QED) is 0.472. The molecule has 2 aromatic carbocycles. The lowest BCUT2D eigenvalue weighted by Gasteiger charge is -2.27. The fourth-order valence-electron chi connectivity index (χ4n) is 4.40. The second kappa shape index (κ2) is 9.03. The highest BCUT2D eigenvalue weighted by Gasteiger charge is 2.34. The predicted molar refractivity (Wildman–Crippen MR) is 128 cm³/mol. The molecule has 3 heterocycles. The molecular formula is C25H23ClN6O. The summed E-state index contributed by atoms with van der Waals surface area (Å²) in [6.45, 7) is 1.19. The van der Waals surface area contributed by atoms with Crippen molar-refractivity contribution in [3.8, 4) is 11.1 Å². The van der Waals surface area contributed by atoms with Crippen LogP contribution in [0.1, 0.15) is 40.5 Å². The molecule has 0 radical (unpaired) electrons. The van der Waals surface area contributed by atoms with Crippen LogP contribution in [0, 0.1) is 0 Å². The van der Waals surface area contributed by atoms with E-state index in [0.717, 1.165) is 35.2 Å². The van der Waals surface area contributed by atoms with Crippen molar-refractivity contribution in [2.45, 2.75) is 25.4 Å². The smallest absolute Gasteiger partial charge is 0.254 e. The Hall–Kier alpha value is -3.71. The SMILES string of the molecule is Nc1ncc(-c2ccc(Cl)cc2)c([C@H]2CCCN2C(=O)c2ccccc2Cn2cccn2)n1. The highest BCUT2D eigenvalue weighted by Crippen LogP contribution is 2.38. The summed E-state index contributed by atoms with van der Waals surface area (Å²) in [5.74, 6) is 0.181. The lowest BCUT2D eigenvalue weighted by atomic mass is 9.99. The zero-order chi connectivity index (χ0) is 22.8. The average molecular weight is 459 g/mol. The number of carbonyl (C=O) groups is 1. The Balaban J connectivity index is 1.50. The molecule has 1 aliphatic rings. The van der Waals surface area contributed by atoms with Crippen LogP contribution < -0.4 is 5.73 Å². The van der Waals surface area contributed by atoms with E-state index in [2.05, 4.69) is 15.1 Å². The Kier molecular flexibility index (Phi) is 5.79. The summed E-state index contributed by atoms with van der Waals surface area (Å²) >= 11 is 6.08. The van der Waals surface area contributed by atoms with Gasteiger partial charge in [-0.2, -0.15) is 5.10 Å². The first-order valence-electron chi connectivity index (χ1n) is 10.8. The van der Waals surface area contributed by atoms with Gasteiger partial charge in [-0.05, 0) is 48.2 Å². The number of nitrogen functional groups attached to an aromatic ring is 1. The summed E-state index contributed by atoms with van der Waals surface area (Å²) in [5.41, 5.74) is 10.1. The molecule has 0 aliphatic carbocycles. The number of halogens is 1. The minimum atomic E-state index is -0.189. The van der Waals surface area contributed by atoms with Crippen molar-refractivity contribution in [1.82, 2.24) is 24.6 Å². The van der Waals surface area contributed by atoms with Gasteiger partial charge in [0.05, 0.1) is 18.3 Å². The lowest BCUT2D eigenvalue weighted by molar-refractivity contribution is 0.0732. The van der Waals surface area contributed by atoms with Gasteiger partial charge < -0.3 is 10.6 Å². The molecule has 1 atom stereocenters. The second-order valence-electron chi connectivity index (χ2n) is 8.05. The first kappa shape index (κ1) is 21.2. The van der Waals surface area contributed by atoms with Gasteiger partial charge in [-0.1, -0.05) is 41.9 Å². The van der Waals surface area contributed by atoms with Gasteiger partial charge in [0, 0.05) is 41.3 Å². The van der Waals surface area contributed by atoms with E-state index in [1.807, 2.05) is 70.4 Å². The number of likely N-dealkylation sites (tertiary alicyclic amines) is 1. The van der Waals surface area contributed by atoms with Crippen molar-refractivity contribution in [3.05, 3.63) is 95.0 Å². The molecule has 2 N–H and O–H groups in total. The zero-order valence-corrected chi connectivity index (χ0v) is 18.7. The molecule has 7 nitrogen and oxygen atoms in total. The van der Waals surface area contributed by atoms with E-state index in [0.29, 0.717) is 23.7 Å². The minimum Gasteiger partial charge on any atom is -0.368 e. The number of amides is 1. The Morgan fingerprint density at radius 1 is 1.12 bits per heavy atom. The van der Waals surface area contributed by atoms with Crippen LogP contribution in [0.4, 0.5) is 5.95 Å². The van der Waals surface area contributed by atoms with E-state index >= 15 is 0 Å². The first-order chi connectivity index (χ1) is 16.1. The molecule has 8 heteroatoms. The van der Waals surface area contributed by atoms with Gasteiger partial charge in [0.15, 0.2) is 0 Å². The lowest BCUT2D eigenvalue weighted by Crippen LogP contribution is -2.32. The Morgan fingerprint density at radius 2 is 1.94 bits per heavy atom. The molecule has 1 amide bonds. The maximum Gasteiger partial charge on any atom is 0.254 e. The number of hydrogen-bond donors (Lipinski definition) is 1. The van der Waals surface area contributed by atoms with Crippen molar-refractivity contribution in [3.63, 3.8) is 0 Å².